The van der Waals surface area contributed by atoms with Crippen LogP contribution in [0.25, 0.3) is 10.2 Å². The van der Waals surface area contributed by atoms with E-state index in [1.54, 1.807) is 18.3 Å². The van der Waals surface area contributed by atoms with Crippen molar-refractivity contribution in [2.24, 2.45) is 0 Å². The maximum absolute atomic E-state index is 11.3. The second-order valence-electron chi connectivity index (χ2n) is 6.96. The van der Waals surface area contributed by atoms with E-state index in [9.17, 15) is 4.79 Å². The molecule has 0 unspecified atom stereocenters. The SMILES string of the molecule is CC(=O)Nc1ccc2c(c1)CCN([C@@H](C)c1ccc3scnc3c1)CC2. The van der Waals surface area contributed by atoms with Gasteiger partial charge < -0.3 is 5.32 Å². The highest BCUT2D eigenvalue weighted by Gasteiger charge is 2.20. The molecular weight excluding hydrogens is 342 g/mol. The van der Waals surface area contributed by atoms with Crippen molar-refractivity contribution in [1.82, 2.24) is 9.88 Å². The number of nitrogens with zero attached hydrogens (tertiary/aromatic N) is 2. The number of fused-ring (bicyclic) bond motifs is 2. The van der Waals surface area contributed by atoms with Crippen LogP contribution in [-0.2, 0) is 17.6 Å². The third-order valence-corrected chi connectivity index (χ3v) is 6.06. The Labute approximate surface area is 157 Å². The number of rotatable bonds is 3. The van der Waals surface area contributed by atoms with E-state index in [-0.39, 0.29) is 5.91 Å². The smallest absolute Gasteiger partial charge is 0.221 e. The van der Waals surface area contributed by atoms with Crippen LogP contribution in [0.3, 0.4) is 0 Å². The Hall–Kier alpha value is -2.24. The fourth-order valence-electron chi connectivity index (χ4n) is 3.76. The van der Waals surface area contributed by atoms with Gasteiger partial charge in [0.05, 0.1) is 15.7 Å². The number of amides is 1. The number of hydrogen-bond acceptors (Lipinski definition) is 4. The molecule has 5 heteroatoms. The number of carbonyl (C=O) groups is 1. The Morgan fingerprint density at radius 2 is 1.96 bits per heavy atom. The van der Waals surface area contributed by atoms with Crippen LogP contribution < -0.4 is 5.32 Å². The van der Waals surface area contributed by atoms with Crippen LogP contribution in [0.4, 0.5) is 5.69 Å². The van der Waals surface area contributed by atoms with Gasteiger partial charge in [-0.25, -0.2) is 4.98 Å². The minimum atomic E-state index is -0.0220. The summed E-state index contributed by atoms with van der Waals surface area (Å²) in [7, 11) is 0. The molecule has 1 aromatic heterocycles. The van der Waals surface area contributed by atoms with E-state index >= 15 is 0 Å². The zero-order chi connectivity index (χ0) is 18.1. The molecule has 4 rings (SSSR count). The first-order valence-corrected chi connectivity index (χ1v) is 9.95. The summed E-state index contributed by atoms with van der Waals surface area (Å²) in [6.45, 7) is 5.90. The number of carbonyl (C=O) groups excluding carboxylic acids is 1. The van der Waals surface area contributed by atoms with E-state index in [0.717, 1.165) is 37.1 Å². The molecule has 134 valence electrons. The summed E-state index contributed by atoms with van der Waals surface area (Å²) in [4.78, 5) is 18.3. The van der Waals surface area contributed by atoms with Gasteiger partial charge in [0.15, 0.2) is 0 Å². The number of anilines is 1. The van der Waals surface area contributed by atoms with E-state index in [4.69, 9.17) is 0 Å². The number of hydrogen-bond donors (Lipinski definition) is 1. The second kappa shape index (κ2) is 7.17. The second-order valence-corrected chi connectivity index (χ2v) is 7.84. The Bertz CT molecular complexity index is 949. The molecule has 2 aromatic carbocycles. The number of aromatic nitrogens is 1. The first-order valence-electron chi connectivity index (χ1n) is 9.07. The average molecular weight is 366 g/mol. The average Bonchev–Trinajstić information content (AvgIpc) is 2.99. The number of thiazole rings is 1. The molecule has 0 aliphatic carbocycles. The summed E-state index contributed by atoms with van der Waals surface area (Å²) in [6.07, 6.45) is 2.05. The fraction of sp³-hybridized carbons (Fsp3) is 0.333. The van der Waals surface area contributed by atoms with Gasteiger partial charge in [-0.2, -0.15) is 0 Å². The summed E-state index contributed by atoms with van der Waals surface area (Å²) in [5, 5.41) is 2.89. The van der Waals surface area contributed by atoms with Gasteiger partial charge in [0.1, 0.15) is 0 Å². The van der Waals surface area contributed by atoms with Gasteiger partial charge in [0, 0.05) is 31.7 Å². The molecule has 2 heterocycles. The Morgan fingerprint density at radius 1 is 1.15 bits per heavy atom. The quantitative estimate of drug-likeness (QED) is 0.747. The minimum absolute atomic E-state index is 0.0220. The van der Waals surface area contributed by atoms with E-state index in [1.165, 1.54) is 21.4 Å². The highest BCUT2D eigenvalue weighted by atomic mass is 32.1. The summed E-state index contributed by atoms with van der Waals surface area (Å²) < 4.78 is 1.25. The maximum atomic E-state index is 11.3. The molecule has 26 heavy (non-hydrogen) atoms. The molecular formula is C21H23N3OS. The lowest BCUT2D eigenvalue weighted by Crippen LogP contribution is -2.29. The third kappa shape index (κ3) is 3.50. The zero-order valence-corrected chi connectivity index (χ0v) is 16.0. The Kier molecular flexibility index (Phi) is 4.74. The van der Waals surface area contributed by atoms with Crippen molar-refractivity contribution in [2.75, 3.05) is 18.4 Å². The highest BCUT2D eigenvalue weighted by molar-refractivity contribution is 7.16. The van der Waals surface area contributed by atoms with Crippen molar-refractivity contribution < 1.29 is 4.79 Å². The van der Waals surface area contributed by atoms with Crippen molar-refractivity contribution in [2.45, 2.75) is 32.7 Å². The predicted molar refractivity (Wildman–Crippen MR) is 108 cm³/mol. The lowest BCUT2D eigenvalue weighted by molar-refractivity contribution is -0.114. The molecule has 1 aliphatic rings. The largest absolute Gasteiger partial charge is 0.326 e. The topological polar surface area (TPSA) is 45.2 Å². The predicted octanol–water partition coefficient (Wildman–Crippen LogP) is 4.42. The summed E-state index contributed by atoms with van der Waals surface area (Å²) in [5.74, 6) is -0.0220. The Morgan fingerprint density at radius 3 is 2.77 bits per heavy atom. The molecule has 0 saturated heterocycles. The molecule has 1 N–H and O–H groups in total. The van der Waals surface area contributed by atoms with Gasteiger partial charge in [-0.1, -0.05) is 12.1 Å². The van der Waals surface area contributed by atoms with Crippen LogP contribution in [0, 0.1) is 0 Å². The normalized spacial score (nSPS) is 16.1. The lowest BCUT2D eigenvalue weighted by Gasteiger charge is -2.28. The number of nitrogens with one attached hydrogen (secondary N) is 1. The molecule has 0 saturated carbocycles. The highest BCUT2D eigenvalue weighted by Crippen LogP contribution is 2.28. The molecule has 1 amide bonds. The number of benzene rings is 2. The van der Waals surface area contributed by atoms with Gasteiger partial charge >= 0.3 is 0 Å². The van der Waals surface area contributed by atoms with Crippen LogP contribution >= 0.6 is 11.3 Å². The molecule has 4 nitrogen and oxygen atoms in total. The van der Waals surface area contributed by atoms with Gasteiger partial charge in [0.2, 0.25) is 5.91 Å². The first-order chi connectivity index (χ1) is 12.6. The molecule has 1 atom stereocenters. The maximum Gasteiger partial charge on any atom is 0.221 e. The van der Waals surface area contributed by atoms with Crippen molar-refractivity contribution in [1.29, 1.82) is 0 Å². The molecule has 0 fully saturated rings. The molecule has 0 radical (unpaired) electrons. The Balaban J connectivity index is 1.51. The van der Waals surface area contributed by atoms with E-state index < -0.39 is 0 Å². The van der Waals surface area contributed by atoms with Crippen LogP contribution in [0.1, 0.15) is 36.6 Å². The fourth-order valence-corrected chi connectivity index (χ4v) is 4.42. The van der Waals surface area contributed by atoms with Crippen molar-refractivity contribution in [3.63, 3.8) is 0 Å². The van der Waals surface area contributed by atoms with Gasteiger partial charge in [0.25, 0.3) is 0 Å². The third-order valence-electron chi connectivity index (χ3n) is 5.25. The van der Waals surface area contributed by atoms with Crippen LogP contribution in [-0.4, -0.2) is 28.9 Å². The summed E-state index contributed by atoms with van der Waals surface area (Å²) in [5.41, 5.74) is 7.97. The molecule has 3 aromatic rings. The first kappa shape index (κ1) is 17.2. The van der Waals surface area contributed by atoms with Crippen LogP contribution in [0.5, 0.6) is 0 Å². The van der Waals surface area contributed by atoms with Crippen LogP contribution in [0.2, 0.25) is 0 Å². The van der Waals surface area contributed by atoms with E-state index in [2.05, 4.69) is 52.5 Å². The molecule has 0 spiro atoms. The van der Waals surface area contributed by atoms with E-state index in [1.807, 2.05) is 11.6 Å². The van der Waals surface area contributed by atoms with Gasteiger partial charge in [-0.3, -0.25) is 9.69 Å². The summed E-state index contributed by atoms with van der Waals surface area (Å²) in [6, 6.07) is 13.3. The standard InChI is InChI=1S/C21H23N3OS/c1-14(17-4-6-21-20(12-17)22-13-26-21)24-9-7-16-3-5-19(23-15(2)25)11-18(16)8-10-24/h3-6,11-14H,7-10H2,1-2H3,(H,23,25)/t14-/m0/s1. The molecule has 1 aliphatic heterocycles. The van der Waals surface area contributed by atoms with Crippen LogP contribution in [0.15, 0.2) is 41.9 Å². The monoisotopic (exact) mass is 365 g/mol. The van der Waals surface area contributed by atoms with Crippen molar-refractivity contribution >= 4 is 33.1 Å². The lowest BCUT2D eigenvalue weighted by atomic mass is 10.0. The molecule has 0 bridgehead atoms. The minimum Gasteiger partial charge on any atom is -0.326 e. The van der Waals surface area contributed by atoms with Gasteiger partial charge in [-0.15, -0.1) is 11.3 Å². The van der Waals surface area contributed by atoms with Crippen molar-refractivity contribution in [3.05, 3.63) is 58.6 Å². The van der Waals surface area contributed by atoms with E-state index in [0.29, 0.717) is 6.04 Å². The summed E-state index contributed by atoms with van der Waals surface area (Å²) >= 11 is 1.69. The van der Waals surface area contributed by atoms with Gasteiger partial charge in [-0.05, 0) is 60.7 Å². The zero-order valence-electron chi connectivity index (χ0n) is 15.2. The van der Waals surface area contributed by atoms with Crippen molar-refractivity contribution in [3.8, 4) is 0 Å².